The Kier molecular flexibility index (Phi) is 5.18. The molecule has 1 amide bonds. The number of rotatable bonds is 5. The second-order valence-corrected chi connectivity index (χ2v) is 5.75. The third-order valence-corrected chi connectivity index (χ3v) is 4.21. The summed E-state index contributed by atoms with van der Waals surface area (Å²) in [7, 11) is 0. The first kappa shape index (κ1) is 15.0. The minimum atomic E-state index is 0.0552. The van der Waals surface area contributed by atoms with Crippen LogP contribution in [0.25, 0.3) is 0 Å². The predicted molar refractivity (Wildman–Crippen MR) is 82.6 cm³/mol. The molecule has 0 radical (unpaired) electrons. The molecule has 20 heavy (non-hydrogen) atoms. The molecule has 1 aromatic carbocycles. The number of benzene rings is 1. The fraction of sp³-hybridized carbons (Fsp3) is 0.588. The van der Waals surface area contributed by atoms with Crippen LogP contribution in [-0.4, -0.2) is 30.4 Å². The minimum absolute atomic E-state index is 0.0552. The number of hydrogen-bond donors (Lipinski definition) is 1. The molecule has 1 heterocycles. The summed E-state index contributed by atoms with van der Waals surface area (Å²) in [6, 6.07) is 8.71. The van der Waals surface area contributed by atoms with E-state index in [4.69, 9.17) is 0 Å². The monoisotopic (exact) mass is 274 g/mol. The molecule has 2 unspecified atom stereocenters. The van der Waals surface area contributed by atoms with Gasteiger partial charge in [-0.25, -0.2) is 0 Å². The van der Waals surface area contributed by atoms with Crippen LogP contribution in [0.5, 0.6) is 0 Å². The van der Waals surface area contributed by atoms with Crippen molar-refractivity contribution in [3.63, 3.8) is 0 Å². The molecule has 3 heteroatoms. The molecule has 1 fully saturated rings. The number of nitrogens with zero attached hydrogens (tertiary/aromatic N) is 1. The maximum absolute atomic E-state index is 12.6. The summed E-state index contributed by atoms with van der Waals surface area (Å²) < 4.78 is 0. The fourth-order valence-electron chi connectivity index (χ4n) is 3.05. The van der Waals surface area contributed by atoms with Crippen molar-refractivity contribution in [3.8, 4) is 0 Å². The molecule has 1 saturated heterocycles. The quantitative estimate of drug-likeness (QED) is 0.895. The van der Waals surface area contributed by atoms with Crippen molar-refractivity contribution in [2.45, 2.75) is 39.7 Å². The summed E-state index contributed by atoms with van der Waals surface area (Å²) in [5, 5.41) is 3.27. The smallest absolute Gasteiger partial charge is 0.227 e. The Bertz CT molecular complexity index is 458. The molecule has 110 valence electrons. The highest BCUT2D eigenvalue weighted by molar-refractivity contribution is 5.79. The molecule has 1 N–H and O–H groups in total. The van der Waals surface area contributed by atoms with Crippen molar-refractivity contribution in [1.29, 1.82) is 0 Å². The van der Waals surface area contributed by atoms with Gasteiger partial charge in [-0.3, -0.25) is 4.79 Å². The Balaban J connectivity index is 2.11. The van der Waals surface area contributed by atoms with Crippen LogP contribution in [0.1, 0.15) is 43.9 Å². The van der Waals surface area contributed by atoms with Crippen molar-refractivity contribution >= 4 is 5.91 Å². The summed E-state index contributed by atoms with van der Waals surface area (Å²) >= 11 is 0. The summed E-state index contributed by atoms with van der Waals surface area (Å²) in [6.07, 6.45) is 2.20. The van der Waals surface area contributed by atoms with E-state index in [2.05, 4.69) is 48.3 Å². The Labute approximate surface area is 122 Å². The van der Waals surface area contributed by atoms with Crippen LogP contribution in [0.15, 0.2) is 24.3 Å². The molecule has 0 saturated carbocycles. The minimum Gasteiger partial charge on any atom is -0.335 e. The van der Waals surface area contributed by atoms with E-state index in [9.17, 15) is 4.79 Å². The van der Waals surface area contributed by atoms with Gasteiger partial charge in [0, 0.05) is 19.0 Å². The second-order valence-electron chi connectivity index (χ2n) is 5.75. The summed E-state index contributed by atoms with van der Waals surface area (Å²) in [6.45, 7) is 8.82. The Morgan fingerprint density at radius 3 is 2.90 bits per heavy atom. The van der Waals surface area contributed by atoms with Gasteiger partial charge in [-0.1, -0.05) is 38.1 Å². The van der Waals surface area contributed by atoms with Gasteiger partial charge in [0.15, 0.2) is 0 Å². The average molecular weight is 274 g/mol. The van der Waals surface area contributed by atoms with Crippen LogP contribution in [-0.2, 0) is 4.79 Å². The zero-order valence-electron chi connectivity index (χ0n) is 12.9. The number of amides is 1. The molecule has 1 aromatic rings. The average Bonchev–Trinajstić information content (AvgIpc) is 2.93. The van der Waals surface area contributed by atoms with Crippen molar-refractivity contribution in [2.24, 2.45) is 5.92 Å². The highest BCUT2D eigenvalue weighted by Crippen LogP contribution is 2.34. The van der Waals surface area contributed by atoms with Crippen LogP contribution in [0.2, 0.25) is 0 Å². The van der Waals surface area contributed by atoms with Crippen molar-refractivity contribution in [3.05, 3.63) is 35.4 Å². The number of carbonyl (C=O) groups excluding carboxylic acids is 1. The SMILES string of the molecule is CCNCC(C)C(=O)N1CCCC1c1ccccc1C. The second kappa shape index (κ2) is 6.89. The van der Waals surface area contributed by atoms with E-state index in [0.29, 0.717) is 0 Å². The first-order chi connectivity index (χ1) is 9.65. The van der Waals surface area contributed by atoms with Gasteiger partial charge in [0.1, 0.15) is 0 Å². The van der Waals surface area contributed by atoms with Crippen molar-refractivity contribution < 1.29 is 4.79 Å². The molecule has 1 aliphatic rings. The summed E-state index contributed by atoms with van der Waals surface area (Å²) in [4.78, 5) is 14.7. The Hall–Kier alpha value is -1.35. The van der Waals surface area contributed by atoms with Gasteiger partial charge in [0.2, 0.25) is 5.91 Å². The highest BCUT2D eigenvalue weighted by atomic mass is 16.2. The molecule has 3 nitrogen and oxygen atoms in total. The van der Waals surface area contributed by atoms with Crippen LogP contribution in [0.4, 0.5) is 0 Å². The highest BCUT2D eigenvalue weighted by Gasteiger charge is 2.32. The Morgan fingerprint density at radius 2 is 2.20 bits per heavy atom. The number of nitrogens with one attached hydrogen (secondary N) is 1. The first-order valence-corrected chi connectivity index (χ1v) is 7.71. The molecule has 1 aliphatic heterocycles. The molecule has 2 rings (SSSR count). The van der Waals surface area contributed by atoms with Gasteiger partial charge < -0.3 is 10.2 Å². The topological polar surface area (TPSA) is 32.3 Å². The first-order valence-electron chi connectivity index (χ1n) is 7.71. The van der Waals surface area contributed by atoms with Crippen LogP contribution >= 0.6 is 0 Å². The zero-order chi connectivity index (χ0) is 14.5. The molecule has 0 bridgehead atoms. The van der Waals surface area contributed by atoms with Crippen LogP contribution in [0.3, 0.4) is 0 Å². The van der Waals surface area contributed by atoms with Crippen LogP contribution in [0, 0.1) is 12.8 Å². The van der Waals surface area contributed by atoms with E-state index in [1.54, 1.807) is 0 Å². The van der Waals surface area contributed by atoms with Gasteiger partial charge in [-0.2, -0.15) is 0 Å². The van der Waals surface area contributed by atoms with E-state index in [1.165, 1.54) is 11.1 Å². The van der Waals surface area contributed by atoms with Gasteiger partial charge in [0.05, 0.1) is 6.04 Å². The molecular formula is C17H26N2O. The van der Waals surface area contributed by atoms with Crippen molar-refractivity contribution in [2.75, 3.05) is 19.6 Å². The maximum atomic E-state index is 12.6. The standard InChI is InChI=1S/C17H26N2O/c1-4-18-12-14(3)17(20)19-11-7-10-16(19)15-9-6-5-8-13(15)2/h5-6,8-9,14,16,18H,4,7,10-12H2,1-3H3. The van der Waals surface area contributed by atoms with Gasteiger partial charge in [-0.05, 0) is 37.4 Å². The largest absolute Gasteiger partial charge is 0.335 e. The number of likely N-dealkylation sites (tertiary alicyclic amines) is 1. The Morgan fingerprint density at radius 1 is 1.45 bits per heavy atom. The summed E-state index contributed by atoms with van der Waals surface area (Å²) in [5.74, 6) is 0.344. The van der Waals surface area contributed by atoms with E-state index >= 15 is 0 Å². The lowest BCUT2D eigenvalue weighted by Gasteiger charge is -2.29. The number of carbonyl (C=O) groups is 1. The number of hydrogen-bond acceptors (Lipinski definition) is 2. The lowest BCUT2D eigenvalue weighted by atomic mass is 9.98. The lowest BCUT2D eigenvalue weighted by Crippen LogP contribution is -2.38. The third kappa shape index (κ3) is 3.21. The molecule has 2 atom stereocenters. The van der Waals surface area contributed by atoms with Gasteiger partial charge in [-0.15, -0.1) is 0 Å². The van der Waals surface area contributed by atoms with E-state index in [1.807, 2.05) is 6.92 Å². The number of aryl methyl sites for hydroxylation is 1. The summed E-state index contributed by atoms with van der Waals surface area (Å²) in [5.41, 5.74) is 2.60. The lowest BCUT2D eigenvalue weighted by molar-refractivity contribution is -0.135. The normalized spacial score (nSPS) is 20.1. The fourth-order valence-corrected chi connectivity index (χ4v) is 3.05. The van der Waals surface area contributed by atoms with Gasteiger partial charge in [0.25, 0.3) is 0 Å². The molecular weight excluding hydrogens is 248 g/mol. The van der Waals surface area contributed by atoms with Crippen molar-refractivity contribution in [1.82, 2.24) is 10.2 Å². The predicted octanol–water partition coefficient (Wildman–Crippen LogP) is 2.90. The van der Waals surface area contributed by atoms with Gasteiger partial charge >= 0.3 is 0 Å². The maximum Gasteiger partial charge on any atom is 0.227 e. The molecule has 0 spiro atoms. The van der Waals surface area contributed by atoms with E-state index in [0.717, 1.165) is 32.5 Å². The van der Waals surface area contributed by atoms with E-state index < -0.39 is 0 Å². The third-order valence-electron chi connectivity index (χ3n) is 4.21. The van der Waals surface area contributed by atoms with Crippen LogP contribution < -0.4 is 5.32 Å². The molecule has 0 aromatic heterocycles. The molecule has 0 aliphatic carbocycles. The zero-order valence-corrected chi connectivity index (χ0v) is 12.9. The van der Waals surface area contributed by atoms with E-state index in [-0.39, 0.29) is 17.9 Å².